The number of aliphatic hydroxyl groups is 1. The van der Waals surface area contributed by atoms with Crippen molar-refractivity contribution in [2.45, 2.75) is 44.2 Å². The molecule has 0 spiro atoms. The van der Waals surface area contributed by atoms with Gasteiger partial charge >= 0.3 is 0 Å². The predicted octanol–water partition coefficient (Wildman–Crippen LogP) is 3.11. The Labute approximate surface area is 189 Å². The molecule has 1 aromatic carbocycles. The number of benzene rings is 1. The maximum atomic E-state index is 11.4. The van der Waals surface area contributed by atoms with Gasteiger partial charge in [0.15, 0.2) is 0 Å². The molecule has 1 N–H and O–H groups in total. The third-order valence-electron chi connectivity index (χ3n) is 7.30. The van der Waals surface area contributed by atoms with Crippen LogP contribution in [0.25, 0.3) is 0 Å². The number of likely N-dealkylation sites (tertiary alicyclic amines) is 1. The number of hydrogen-bond donors (Lipinski definition) is 1. The van der Waals surface area contributed by atoms with Gasteiger partial charge in [0.25, 0.3) is 0 Å². The summed E-state index contributed by atoms with van der Waals surface area (Å²) in [5.74, 6) is 1.70. The molecule has 3 atom stereocenters. The molecule has 2 aromatic rings. The maximum absolute atomic E-state index is 11.4. The Bertz CT molecular complexity index is 895. The van der Waals surface area contributed by atoms with Gasteiger partial charge in [-0.15, -0.1) is 0 Å². The monoisotopic (exact) mass is 441 g/mol. The van der Waals surface area contributed by atoms with Crippen LogP contribution in [-0.2, 0) is 6.42 Å². The average Bonchev–Trinajstić information content (AvgIpc) is 3.15. The first kappa shape index (κ1) is 21.1. The molecule has 166 valence electrons. The second kappa shape index (κ2) is 9.02. The quantitative estimate of drug-likeness (QED) is 0.743. The number of aryl methyl sites for hydroxylation is 1. The van der Waals surface area contributed by atoms with Gasteiger partial charge < -0.3 is 14.9 Å². The Balaban J connectivity index is 1.28. The molecule has 3 heterocycles. The van der Waals surface area contributed by atoms with Gasteiger partial charge in [0, 0.05) is 54.9 Å². The highest BCUT2D eigenvalue weighted by Crippen LogP contribution is 2.37. The molecule has 6 nitrogen and oxygen atoms in total. The normalized spacial score (nSPS) is 24.0. The fourth-order valence-corrected chi connectivity index (χ4v) is 5.38. The fraction of sp³-hybridized carbons (Fsp3) is 0.583. The number of anilines is 1. The maximum Gasteiger partial charge on any atom is 0.135 e. The van der Waals surface area contributed by atoms with E-state index in [2.05, 4.69) is 43.7 Å². The number of halogens is 1. The summed E-state index contributed by atoms with van der Waals surface area (Å²) in [7, 11) is 0. The summed E-state index contributed by atoms with van der Waals surface area (Å²) < 4.78 is 0. The lowest BCUT2D eigenvalue weighted by atomic mass is 9.94. The highest BCUT2D eigenvalue weighted by atomic mass is 35.5. The van der Waals surface area contributed by atoms with Crippen LogP contribution in [0.5, 0.6) is 0 Å². The van der Waals surface area contributed by atoms with Gasteiger partial charge in [0.1, 0.15) is 18.4 Å². The van der Waals surface area contributed by atoms with E-state index in [0.29, 0.717) is 5.92 Å². The Morgan fingerprint density at radius 3 is 2.48 bits per heavy atom. The van der Waals surface area contributed by atoms with Crippen molar-refractivity contribution in [1.29, 1.82) is 0 Å². The molecule has 7 heteroatoms. The minimum absolute atomic E-state index is 0.0624. The Morgan fingerprint density at radius 1 is 1.06 bits per heavy atom. The molecule has 1 unspecified atom stereocenters. The van der Waals surface area contributed by atoms with Crippen LogP contribution in [0.3, 0.4) is 0 Å². The molecule has 0 saturated carbocycles. The number of aliphatic hydroxyl groups excluding tert-OH is 1. The first-order valence-electron chi connectivity index (χ1n) is 11.6. The summed E-state index contributed by atoms with van der Waals surface area (Å²) in [6, 6.07) is 8.00. The fourth-order valence-electron chi connectivity index (χ4n) is 5.25. The van der Waals surface area contributed by atoms with E-state index in [1.54, 1.807) is 6.33 Å². The van der Waals surface area contributed by atoms with Gasteiger partial charge in [-0.3, -0.25) is 4.90 Å². The summed E-state index contributed by atoms with van der Waals surface area (Å²) in [5.41, 5.74) is 3.72. The molecule has 5 rings (SSSR count). The minimum atomic E-state index is -0.501. The molecule has 2 fully saturated rings. The number of hydrogen-bond acceptors (Lipinski definition) is 6. The van der Waals surface area contributed by atoms with Gasteiger partial charge in [0.05, 0.1) is 0 Å². The van der Waals surface area contributed by atoms with Crippen LogP contribution in [0.4, 0.5) is 5.82 Å². The lowest BCUT2D eigenvalue weighted by Gasteiger charge is -2.43. The smallest absolute Gasteiger partial charge is 0.135 e. The van der Waals surface area contributed by atoms with Crippen molar-refractivity contribution in [3.05, 3.63) is 52.4 Å². The zero-order chi connectivity index (χ0) is 21.4. The van der Waals surface area contributed by atoms with E-state index in [1.807, 2.05) is 12.1 Å². The van der Waals surface area contributed by atoms with Crippen molar-refractivity contribution in [1.82, 2.24) is 19.8 Å². The van der Waals surface area contributed by atoms with E-state index >= 15 is 0 Å². The topological polar surface area (TPSA) is 55.7 Å². The molecule has 31 heavy (non-hydrogen) atoms. The second-order valence-corrected chi connectivity index (χ2v) is 9.68. The highest BCUT2D eigenvalue weighted by Gasteiger charge is 2.34. The zero-order valence-electron chi connectivity index (χ0n) is 18.3. The zero-order valence-corrected chi connectivity index (χ0v) is 19.0. The van der Waals surface area contributed by atoms with Crippen molar-refractivity contribution in [3.8, 4) is 0 Å². The Hall–Kier alpha value is -1.73. The summed E-state index contributed by atoms with van der Waals surface area (Å²) in [5, 5.41) is 12.1. The molecule has 1 aliphatic carbocycles. The molecule has 0 radical (unpaired) electrons. The second-order valence-electron chi connectivity index (χ2n) is 9.25. The number of nitrogens with zero attached hydrogens (tertiary/aromatic N) is 5. The van der Waals surface area contributed by atoms with E-state index < -0.39 is 6.23 Å². The van der Waals surface area contributed by atoms with Gasteiger partial charge in [0.2, 0.25) is 0 Å². The van der Waals surface area contributed by atoms with Gasteiger partial charge in [-0.25, -0.2) is 9.97 Å². The number of piperazine rings is 1. The van der Waals surface area contributed by atoms with E-state index in [9.17, 15) is 5.11 Å². The third kappa shape index (κ3) is 4.31. The standard InChI is InChI=1S/C24H32ClN5O/c1-17-3-8-21-22(17)23(27-16-26-21)29-11-13-30(14-12-29)24(31)20(15-28-9-2-10-28)18-4-6-19(25)7-5-18/h4-7,16-17,20,24,31H,2-3,8-15H2,1H3/t17-,20+,24?/m1/s1. The Kier molecular flexibility index (Phi) is 6.15. The van der Waals surface area contributed by atoms with Crippen LogP contribution in [0, 0.1) is 0 Å². The highest BCUT2D eigenvalue weighted by molar-refractivity contribution is 6.30. The van der Waals surface area contributed by atoms with Crippen LogP contribution in [0.2, 0.25) is 5.02 Å². The van der Waals surface area contributed by atoms with Crippen LogP contribution in [-0.4, -0.2) is 76.9 Å². The lowest BCUT2D eigenvalue weighted by Crippen LogP contribution is -2.54. The molecular weight excluding hydrogens is 410 g/mol. The lowest BCUT2D eigenvalue weighted by molar-refractivity contribution is -0.0317. The van der Waals surface area contributed by atoms with E-state index in [1.165, 1.54) is 24.1 Å². The number of rotatable bonds is 6. The molecular formula is C24H32ClN5O. The largest absolute Gasteiger partial charge is 0.378 e. The number of aromatic nitrogens is 2. The van der Waals surface area contributed by atoms with Crippen molar-refractivity contribution >= 4 is 17.4 Å². The molecule has 2 saturated heterocycles. The molecule has 1 aromatic heterocycles. The van der Waals surface area contributed by atoms with E-state index in [-0.39, 0.29) is 5.92 Å². The van der Waals surface area contributed by atoms with E-state index in [0.717, 1.165) is 68.6 Å². The van der Waals surface area contributed by atoms with Crippen molar-refractivity contribution in [3.63, 3.8) is 0 Å². The predicted molar refractivity (Wildman–Crippen MR) is 124 cm³/mol. The minimum Gasteiger partial charge on any atom is -0.378 e. The van der Waals surface area contributed by atoms with Crippen molar-refractivity contribution in [2.75, 3.05) is 50.7 Å². The number of fused-ring (bicyclic) bond motifs is 1. The summed E-state index contributed by atoms with van der Waals surface area (Å²) in [4.78, 5) is 16.2. The van der Waals surface area contributed by atoms with Gasteiger partial charge in [-0.2, -0.15) is 0 Å². The summed E-state index contributed by atoms with van der Waals surface area (Å²) in [6.07, 6.45) is 4.70. The van der Waals surface area contributed by atoms with Gasteiger partial charge in [-0.05, 0) is 56.0 Å². The third-order valence-corrected chi connectivity index (χ3v) is 7.55. The van der Waals surface area contributed by atoms with Crippen molar-refractivity contribution < 1.29 is 5.11 Å². The van der Waals surface area contributed by atoms with E-state index in [4.69, 9.17) is 11.6 Å². The van der Waals surface area contributed by atoms with Crippen LogP contribution < -0.4 is 4.90 Å². The van der Waals surface area contributed by atoms with Crippen molar-refractivity contribution in [2.24, 2.45) is 0 Å². The van der Waals surface area contributed by atoms with Gasteiger partial charge in [-0.1, -0.05) is 30.7 Å². The Morgan fingerprint density at radius 2 is 1.81 bits per heavy atom. The summed E-state index contributed by atoms with van der Waals surface area (Å²) >= 11 is 6.11. The first-order valence-corrected chi connectivity index (χ1v) is 12.0. The van der Waals surface area contributed by atoms with Crippen LogP contribution in [0.1, 0.15) is 48.4 Å². The average molecular weight is 442 g/mol. The molecule has 0 bridgehead atoms. The van der Waals surface area contributed by atoms with Crippen LogP contribution in [0.15, 0.2) is 30.6 Å². The summed E-state index contributed by atoms with van der Waals surface area (Å²) in [6.45, 7) is 8.85. The van der Waals surface area contributed by atoms with Crippen LogP contribution >= 0.6 is 11.6 Å². The SMILES string of the molecule is C[C@@H]1CCc2ncnc(N3CCN(C(O)[C@@H](CN4CCC4)c4ccc(Cl)cc4)CC3)c21. The molecule has 3 aliphatic rings. The first-order chi connectivity index (χ1) is 15.1. The molecule has 0 amide bonds. The molecule has 2 aliphatic heterocycles.